The average molecular weight is 341 g/mol. The lowest BCUT2D eigenvalue weighted by Gasteiger charge is -2.32. The third-order valence-electron chi connectivity index (χ3n) is 3.82. The summed E-state index contributed by atoms with van der Waals surface area (Å²) in [5, 5.41) is 3.29. The maximum absolute atomic E-state index is 12.2. The molecule has 1 saturated heterocycles. The van der Waals surface area contributed by atoms with Gasteiger partial charge in [0.15, 0.2) is 0 Å². The molecule has 2 heterocycles. The molecule has 1 aliphatic rings. The molecule has 1 aromatic heterocycles. The van der Waals surface area contributed by atoms with Gasteiger partial charge in [-0.1, -0.05) is 11.6 Å². The number of halogens is 1. The van der Waals surface area contributed by atoms with Gasteiger partial charge in [-0.2, -0.15) is 0 Å². The van der Waals surface area contributed by atoms with Crippen LogP contribution in [0.25, 0.3) is 0 Å². The van der Waals surface area contributed by atoms with E-state index in [4.69, 9.17) is 22.1 Å². The van der Waals surface area contributed by atoms with E-state index in [9.17, 15) is 9.59 Å². The fourth-order valence-corrected chi connectivity index (χ4v) is 2.64. The Labute approximate surface area is 140 Å². The van der Waals surface area contributed by atoms with Gasteiger partial charge in [-0.3, -0.25) is 9.59 Å². The number of anilines is 1. The van der Waals surface area contributed by atoms with E-state index in [1.54, 1.807) is 17.0 Å². The van der Waals surface area contributed by atoms with E-state index >= 15 is 0 Å². The van der Waals surface area contributed by atoms with Crippen molar-refractivity contribution in [1.29, 1.82) is 0 Å². The summed E-state index contributed by atoms with van der Waals surface area (Å²) >= 11 is 5.76. The molecule has 1 atom stereocenters. The van der Waals surface area contributed by atoms with Crippen molar-refractivity contribution in [2.45, 2.75) is 18.9 Å². The van der Waals surface area contributed by atoms with E-state index in [2.05, 4.69) is 10.3 Å². The highest BCUT2D eigenvalue weighted by Crippen LogP contribution is 2.20. The molecular weight excluding hydrogens is 320 g/mol. The summed E-state index contributed by atoms with van der Waals surface area (Å²) in [7, 11) is 1.51. The molecule has 1 aliphatic heterocycles. The lowest BCUT2D eigenvalue weighted by atomic mass is 9.95. The van der Waals surface area contributed by atoms with Gasteiger partial charge >= 0.3 is 0 Å². The van der Waals surface area contributed by atoms with Crippen molar-refractivity contribution in [1.82, 2.24) is 9.88 Å². The van der Waals surface area contributed by atoms with Gasteiger partial charge in [0.2, 0.25) is 11.8 Å². The fourth-order valence-electron chi connectivity index (χ4n) is 2.53. The Hall–Kier alpha value is -1.70. The second-order valence-corrected chi connectivity index (χ2v) is 5.95. The summed E-state index contributed by atoms with van der Waals surface area (Å²) < 4.78 is 4.90. The minimum absolute atomic E-state index is 0.0897. The number of nitrogens with zero attached hydrogens (tertiary/aromatic N) is 2. The van der Waals surface area contributed by atoms with Crippen LogP contribution in [0.2, 0.25) is 5.02 Å². The van der Waals surface area contributed by atoms with Gasteiger partial charge in [-0.25, -0.2) is 4.98 Å². The summed E-state index contributed by atoms with van der Waals surface area (Å²) in [6, 6.07) is 2.68. The lowest BCUT2D eigenvalue weighted by Crippen LogP contribution is -2.49. The van der Waals surface area contributed by atoms with Crippen LogP contribution < -0.4 is 11.1 Å². The van der Waals surface area contributed by atoms with Gasteiger partial charge in [0.25, 0.3) is 0 Å². The van der Waals surface area contributed by atoms with Crippen molar-refractivity contribution in [3.05, 3.63) is 23.4 Å². The largest absolute Gasteiger partial charge is 0.383 e. The van der Waals surface area contributed by atoms with Gasteiger partial charge < -0.3 is 20.7 Å². The van der Waals surface area contributed by atoms with Crippen molar-refractivity contribution >= 4 is 29.2 Å². The molecule has 1 aromatic rings. The van der Waals surface area contributed by atoms with Crippen LogP contribution in [0, 0.1) is 5.92 Å². The van der Waals surface area contributed by atoms with Crippen LogP contribution in [0.4, 0.5) is 5.82 Å². The van der Waals surface area contributed by atoms with Crippen LogP contribution in [0.3, 0.4) is 0 Å². The number of aromatic nitrogens is 1. The first-order valence-corrected chi connectivity index (χ1v) is 7.84. The van der Waals surface area contributed by atoms with E-state index in [1.807, 2.05) is 0 Å². The number of ether oxygens (including phenoxy) is 1. The number of amides is 2. The zero-order valence-electron chi connectivity index (χ0n) is 13.0. The second kappa shape index (κ2) is 8.24. The van der Waals surface area contributed by atoms with Crippen molar-refractivity contribution in [2.24, 2.45) is 11.7 Å². The molecule has 126 valence electrons. The Morgan fingerprint density at radius 1 is 1.48 bits per heavy atom. The van der Waals surface area contributed by atoms with Crippen molar-refractivity contribution in [3.8, 4) is 0 Å². The SMILES string of the molecule is COCC(N)C(=O)N1CCC(C(=O)Nc2ccc(Cl)cn2)CC1. The Kier molecular flexibility index (Phi) is 6.32. The Morgan fingerprint density at radius 3 is 2.74 bits per heavy atom. The van der Waals surface area contributed by atoms with Gasteiger partial charge in [0.05, 0.1) is 11.6 Å². The number of pyridine rings is 1. The molecule has 1 fully saturated rings. The summed E-state index contributed by atoms with van der Waals surface area (Å²) in [6.45, 7) is 1.23. The number of likely N-dealkylation sites (tertiary alicyclic amines) is 1. The Balaban J connectivity index is 1.82. The fraction of sp³-hybridized carbons (Fsp3) is 0.533. The first-order valence-electron chi connectivity index (χ1n) is 7.47. The number of rotatable bonds is 5. The maximum atomic E-state index is 12.2. The topological polar surface area (TPSA) is 97.5 Å². The molecule has 0 aromatic carbocycles. The first kappa shape index (κ1) is 17.7. The van der Waals surface area contributed by atoms with E-state index in [0.29, 0.717) is 36.8 Å². The molecule has 8 heteroatoms. The number of piperidine rings is 1. The standard InChI is InChI=1S/C15H21ClN4O3/c1-23-9-12(17)15(22)20-6-4-10(5-7-20)14(21)19-13-3-2-11(16)8-18-13/h2-3,8,10,12H,4-7,9,17H2,1H3,(H,18,19,21). The summed E-state index contributed by atoms with van der Waals surface area (Å²) in [6.07, 6.45) is 2.69. The Bertz CT molecular complexity index is 544. The molecule has 2 amide bonds. The summed E-state index contributed by atoms with van der Waals surface area (Å²) in [4.78, 5) is 30.0. The smallest absolute Gasteiger partial charge is 0.241 e. The van der Waals surface area contributed by atoms with Crippen LogP contribution in [0.1, 0.15) is 12.8 Å². The maximum Gasteiger partial charge on any atom is 0.241 e. The van der Waals surface area contributed by atoms with Crippen LogP contribution in [0.15, 0.2) is 18.3 Å². The molecule has 0 radical (unpaired) electrons. The predicted molar refractivity (Wildman–Crippen MR) is 87.0 cm³/mol. The van der Waals surface area contributed by atoms with E-state index in [-0.39, 0.29) is 24.3 Å². The zero-order valence-corrected chi connectivity index (χ0v) is 13.8. The molecule has 0 saturated carbocycles. The molecule has 7 nitrogen and oxygen atoms in total. The number of carbonyl (C=O) groups excluding carboxylic acids is 2. The highest BCUT2D eigenvalue weighted by molar-refractivity contribution is 6.30. The van der Waals surface area contributed by atoms with Crippen LogP contribution in [-0.2, 0) is 14.3 Å². The van der Waals surface area contributed by atoms with E-state index in [1.165, 1.54) is 13.3 Å². The van der Waals surface area contributed by atoms with Crippen LogP contribution in [-0.4, -0.2) is 54.5 Å². The summed E-state index contributed by atoms with van der Waals surface area (Å²) in [5.74, 6) is 0.105. The van der Waals surface area contributed by atoms with Gasteiger partial charge in [-0.05, 0) is 25.0 Å². The molecule has 23 heavy (non-hydrogen) atoms. The van der Waals surface area contributed by atoms with Gasteiger partial charge in [0.1, 0.15) is 11.9 Å². The number of methoxy groups -OCH3 is 1. The lowest BCUT2D eigenvalue weighted by molar-refractivity contribution is -0.136. The van der Waals surface area contributed by atoms with Crippen LogP contribution >= 0.6 is 11.6 Å². The zero-order chi connectivity index (χ0) is 16.8. The number of nitrogens with one attached hydrogen (secondary N) is 1. The second-order valence-electron chi connectivity index (χ2n) is 5.51. The van der Waals surface area contributed by atoms with Gasteiger partial charge in [0, 0.05) is 32.3 Å². The molecular formula is C15H21ClN4O3. The van der Waals surface area contributed by atoms with E-state index < -0.39 is 6.04 Å². The highest BCUT2D eigenvalue weighted by Gasteiger charge is 2.29. The monoisotopic (exact) mass is 340 g/mol. The molecule has 3 N–H and O–H groups in total. The third-order valence-corrected chi connectivity index (χ3v) is 4.04. The molecule has 1 unspecified atom stereocenters. The Morgan fingerprint density at radius 2 is 2.17 bits per heavy atom. The van der Waals surface area contributed by atoms with E-state index in [0.717, 1.165) is 0 Å². The number of hydrogen-bond acceptors (Lipinski definition) is 5. The molecule has 2 rings (SSSR count). The minimum Gasteiger partial charge on any atom is -0.383 e. The normalized spacial score (nSPS) is 16.9. The average Bonchev–Trinajstić information content (AvgIpc) is 2.56. The first-order chi connectivity index (χ1) is 11.0. The highest BCUT2D eigenvalue weighted by atomic mass is 35.5. The molecule has 0 spiro atoms. The van der Waals surface area contributed by atoms with Crippen LogP contribution in [0.5, 0.6) is 0 Å². The van der Waals surface area contributed by atoms with Crippen molar-refractivity contribution < 1.29 is 14.3 Å². The predicted octanol–water partition coefficient (Wildman–Crippen LogP) is 0.886. The van der Waals surface area contributed by atoms with Crippen molar-refractivity contribution in [3.63, 3.8) is 0 Å². The number of hydrogen-bond donors (Lipinski definition) is 2. The third kappa shape index (κ3) is 4.89. The number of carbonyl (C=O) groups is 2. The molecule has 0 aliphatic carbocycles. The van der Waals surface area contributed by atoms with Gasteiger partial charge in [-0.15, -0.1) is 0 Å². The summed E-state index contributed by atoms with van der Waals surface area (Å²) in [5.41, 5.74) is 5.75. The van der Waals surface area contributed by atoms with Crippen molar-refractivity contribution in [2.75, 3.05) is 32.1 Å². The quantitative estimate of drug-likeness (QED) is 0.829. The number of nitrogens with two attached hydrogens (primary N) is 1. The minimum atomic E-state index is -0.649. The molecule has 0 bridgehead atoms.